The largest absolute Gasteiger partial charge is 0.468 e. The molecule has 0 aromatic heterocycles. The van der Waals surface area contributed by atoms with Crippen molar-refractivity contribution in [1.82, 2.24) is 0 Å². The van der Waals surface area contributed by atoms with Crippen molar-refractivity contribution in [1.29, 1.82) is 0 Å². The maximum absolute atomic E-state index is 12.8. The molecule has 0 aliphatic heterocycles. The summed E-state index contributed by atoms with van der Waals surface area (Å²) in [6.07, 6.45) is 0.380. The minimum atomic E-state index is -1.32. The summed E-state index contributed by atoms with van der Waals surface area (Å²) in [6, 6.07) is 16.1. The summed E-state index contributed by atoms with van der Waals surface area (Å²) in [5.74, 6) is -1.43. The van der Waals surface area contributed by atoms with Gasteiger partial charge in [0, 0.05) is 11.8 Å². The molecule has 0 fully saturated rings. The van der Waals surface area contributed by atoms with E-state index >= 15 is 0 Å². The number of hydrogen-bond donors (Lipinski definition) is 0. The Morgan fingerprint density at radius 3 is 1.67 bits per heavy atom. The van der Waals surface area contributed by atoms with Gasteiger partial charge in [0.2, 0.25) is 0 Å². The van der Waals surface area contributed by atoms with Gasteiger partial charge in [0.1, 0.15) is 0 Å². The lowest BCUT2D eigenvalue weighted by Gasteiger charge is -2.49. The number of carbonyl (C=O) groups is 2. The van der Waals surface area contributed by atoms with Crippen LogP contribution in [0.25, 0.3) is 0 Å². The van der Waals surface area contributed by atoms with Gasteiger partial charge in [0.15, 0.2) is 5.41 Å². The van der Waals surface area contributed by atoms with Crippen LogP contribution < -0.4 is 0 Å². The van der Waals surface area contributed by atoms with Crippen LogP contribution in [0.5, 0.6) is 0 Å². The molecule has 0 unspecified atom stereocenters. The summed E-state index contributed by atoms with van der Waals surface area (Å²) in [5.41, 5.74) is 3.08. The molecule has 3 aliphatic carbocycles. The normalized spacial score (nSPS) is 22.2. The molecule has 0 amide bonds. The lowest BCUT2D eigenvalue weighted by atomic mass is 9.52. The summed E-state index contributed by atoms with van der Waals surface area (Å²) in [5, 5.41) is 0. The number of hydrogen-bond acceptors (Lipinski definition) is 4. The van der Waals surface area contributed by atoms with Crippen molar-refractivity contribution in [3.63, 3.8) is 0 Å². The van der Waals surface area contributed by atoms with E-state index < -0.39 is 17.4 Å². The molecule has 0 atom stereocenters. The molecule has 122 valence electrons. The standard InChI is InChI=1S/C20H18O4/c1-23-18(21)20(19(22)24-2)11-16-12-7-3-5-9-14(12)17(20)15-10-6-4-8-13(15)16/h3-10,16-17H,11H2,1-2H3. The van der Waals surface area contributed by atoms with Crippen molar-refractivity contribution >= 4 is 11.9 Å². The van der Waals surface area contributed by atoms with Gasteiger partial charge >= 0.3 is 11.9 Å². The Morgan fingerprint density at radius 2 is 1.25 bits per heavy atom. The second-order valence-electron chi connectivity index (χ2n) is 6.40. The van der Waals surface area contributed by atoms with Crippen molar-refractivity contribution in [2.75, 3.05) is 14.2 Å². The summed E-state index contributed by atoms with van der Waals surface area (Å²) in [4.78, 5) is 25.6. The van der Waals surface area contributed by atoms with Gasteiger partial charge in [-0.2, -0.15) is 0 Å². The Labute approximate surface area is 140 Å². The highest BCUT2D eigenvalue weighted by atomic mass is 16.5. The third kappa shape index (κ3) is 1.68. The summed E-state index contributed by atoms with van der Waals surface area (Å²) in [7, 11) is 2.65. The van der Waals surface area contributed by atoms with Crippen LogP contribution in [-0.2, 0) is 19.1 Å². The van der Waals surface area contributed by atoms with Crippen LogP contribution in [-0.4, -0.2) is 26.2 Å². The molecule has 3 aliphatic rings. The summed E-state index contributed by atoms with van der Waals surface area (Å²) in [6.45, 7) is 0. The fraction of sp³-hybridized carbons (Fsp3) is 0.300. The number of esters is 2. The Balaban J connectivity index is 2.05. The Morgan fingerprint density at radius 1 is 0.833 bits per heavy atom. The van der Waals surface area contributed by atoms with Gasteiger partial charge in [0.25, 0.3) is 0 Å². The highest BCUT2D eigenvalue weighted by molar-refractivity contribution is 6.03. The molecular weight excluding hydrogens is 304 g/mol. The summed E-state index contributed by atoms with van der Waals surface area (Å²) < 4.78 is 10.1. The highest BCUT2D eigenvalue weighted by Crippen LogP contribution is 2.61. The first kappa shape index (κ1) is 14.9. The zero-order valence-electron chi connectivity index (χ0n) is 13.6. The van der Waals surface area contributed by atoms with Crippen LogP contribution in [0.15, 0.2) is 48.5 Å². The number of benzene rings is 2. The molecule has 0 saturated carbocycles. The molecule has 0 spiro atoms. The Bertz CT molecular complexity index is 776. The molecule has 0 radical (unpaired) electrons. The van der Waals surface area contributed by atoms with Gasteiger partial charge in [-0.1, -0.05) is 48.5 Å². The first-order valence-electron chi connectivity index (χ1n) is 7.99. The first-order chi connectivity index (χ1) is 11.6. The van der Waals surface area contributed by atoms with Crippen molar-refractivity contribution in [2.45, 2.75) is 18.3 Å². The van der Waals surface area contributed by atoms with Crippen molar-refractivity contribution < 1.29 is 19.1 Å². The minimum Gasteiger partial charge on any atom is -0.468 e. The Hall–Kier alpha value is -2.62. The van der Waals surface area contributed by atoms with Crippen LogP contribution in [0.1, 0.15) is 40.5 Å². The van der Waals surface area contributed by atoms with Gasteiger partial charge in [-0.15, -0.1) is 0 Å². The van der Waals surface area contributed by atoms with E-state index in [4.69, 9.17) is 9.47 Å². The molecule has 2 bridgehead atoms. The van der Waals surface area contributed by atoms with Crippen LogP contribution in [0.2, 0.25) is 0 Å². The average Bonchev–Trinajstić information content (AvgIpc) is 2.66. The molecule has 2 aromatic rings. The molecule has 0 heterocycles. The molecule has 4 heteroatoms. The number of methoxy groups -OCH3 is 2. The monoisotopic (exact) mass is 322 g/mol. The number of fused-ring (bicyclic) bond motifs is 1. The van der Waals surface area contributed by atoms with Gasteiger partial charge in [-0.3, -0.25) is 9.59 Å². The summed E-state index contributed by atoms with van der Waals surface area (Å²) >= 11 is 0. The average molecular weight is 322 g/mol. The number of carbonyl (C=O) groups excluding carboxylic acids is 2. The van der Waals surface area contributed by atoms with E-state index in [0.29, 0.717) is 6.42 Å². The van der Waals surface area contributed by atoms with Crippen molar-refractivity contribution in [2.24, 2.45) is 5.41 Å². The van der Waals surface area contributed by atoms with Gasteiger partial charge in [-0.05, 0) is 28.7 Å². The zero-order valence-corrected chi connectivity index (χ0v) is 13.6. The lowest BCUT2D eigenvalue weighted by Crippen LogP contribution is -2.52. The third-order valence-corrected chi connectivity index (χ3v) is 5.48. The van der Waals surface area contributed by atoms with Crippen LogP contribution >= 0.6 is 0 Å². The van der Waals surface area contributed by atoms with Crippen LogP contribution in [0.3, 0.4) is 0 Å². The van der Waals surface area contributed by atoms with E-state index in [2.05, 4.69) is 12.1 Å². The number of ether oxygens (including phenoxy) is 2. The van der Waals surface area contributed by atoms with E-state index in [1.165, 1.54) is 25.3 Å². The fourth-order valence-electron chi connectivity index (χ4n) is 4.56. The third-order valence-electron chi connectivity index (χ3n) is 5.48. The topological polar surface area (TPSA) is 52.6 Å². The minimum absolute atomic E-state index is 0.0133. The maximum atomic E-state index is 12.8. The van der Waals surface area contributed by atoms with Crippen molar-refractivity contribution in [3.05, 3.63) is 70.8 Å². The van der Waals surface area contributed by atoms with E-state index in [-0.39, 0.29) is 11.8 Å². The first-order valence-corrected chi connectivity index (χ1v) is 7.99. The Kier molecular flexibility index (Phi) is 3.23. The van der Waals surface area contributed by atoms with Gasteiger partial charge in [-0.25, -0.2) is 0 Å². The SMILES string of the molecule is COC(=O)C1(C(=O)OC)CC2c3ccccc3C1c1ccccc12. The molecule has 4 nitrogen and oxygen atoms in total. The quantitative estimate of drug-likeness (QED) is 0.630. The fourth-order valence-corrected chi connectivity index (χ4v) is 4.56. The maximum Gasteiger partial charge on any atom is 0.324 e. The van der Waals surface area contributed by atoms with E-state index in [1.54, 1.807) is 0 Å². The molecule has 5 rings (SSSR count). The van der Waals surface area contributed by atoms with Gasteiger partial charge < -0.3 is 9.47 Å². The van der Waals surface area contributed by atoms with E-state index in [9.17, 15) is 9.59 Å². The molecule has 0 saturated heterocycles. The second-order valence-corrected chi connectivity index (χ2v) is 6.40. The second kappa shape index (κ2) is 5.20. The smallest absolute Gasteiger partial charge is 0.324 e. The predicted molar refractivity (Wildman–Crippen MR) is 87.7 cm³/mol. The zero-order chi connectivity index (χ0) is 16.9. The van der Waals surface area contributed by atoms with E-state index in [0.717, 1.165) is 11.1 Å². The molecule has 2 aromatic carbocycles. The van der Waals surface area contributed by atoms with Gasteiger partial charge in [0.05, 0.1) is 14.2 Å². The van der Waals surface area contributed by atoms with Crippen molar-refractivity contribution in [3.8, 4) is 0 Å². The predicted octanol–water partition coefficient (Wildman–Crippen LogP) is 3.00. The molecule has 24 heavy (non-hydrogen) atoms. The molecule has 0 N–H and O–H groups in total. The van der Waals surface area contributed by atoms with E-state index in [1.807, 2.05) is 36.4 Å². The highest BCUT2D eigenvalue weighted by Gasteiger charge is 2.62. The van der Waals surface area contributed by atoms with Crippen LogP contribution in [0, 0.1) is 5.41 Å². The lowest BCUT2D eigenvalue weighted by molar-refractivity contribution is -0.172. The number of rotatable bonds is 2. The molecular formula is C20H18O4. The van der Waals surface area contributed by atoms with Crippen LogP contribution in [0.4, 0.5) is 0 Å².